The molecule has 11 heteroatoms. The van der Waals surface area contributed by atoms with E-state index in [-0.39, 0.29) is 27.7 Å². The van der Waals surface area contributed by atoms with E-state index < -0.39 is 35.1 Å². The van der Waals surface area contributed by atoms with Gasteiger partial charge in [0.15, 0.2) is 0 Å². The molecule has 0 aliphatic carbocycles. The van der Waals surface area contributed by atoms with Crippen LogP contribution < -0.4 is 10.6 Å². The molecule has 1 aromatic carbocycles. The van der Waals surface area contributed by atoms with Crippen LogP contribution in [0.4, 0.5) is 26.0 Å². The number of nitrogens with zero attached hydrogens (tertiary/aromatic N) is 3. The van der Waals surface area contributed by atoms with Crippen molar-refractivity contribution < 1.29 is 28.6 Å². The van der Waals surface area contributed by atoms with Crippen molar-refractivity contribution in [3.05, 3.63) is 17.2 Å². The van der Waals surface area contributed by atoms with Crippen molar-refractivity contribution in [3.63, 3.8) is 0 Å². The molecule has 0 radical (unpaired) electrons. The van der Waals surface area contributed by atoms with E-state index in [1.54, 1.807) is 62.3 Å². The highest BCUT2D eigenvalue weighted by Crippen LogP contribution is 2.31. The second-order valence-corrected chi connectivity index (χ2v) is 10.8. The first kappa shape index (κ1) is 26.2. The lowest BCUT2D eigenvalue weighted by Crippen LogP contribution is -2.45. The van der Waals surface area contributed by atoms with E-state index in [1.165, 1.54) is 12.1 Å². The van der Waals surface area contributed by atoms with Crippen molar-refractivity contribution in [2.24, 2.45) is 0 Å². The Hall–Kier alpha value is -3.01. The summed E-state index contributed by atoms with van der Waals surface area (Å²) in [5.74, 6) is -0.385. The van der Waals surface area contributed by atoms with E-state index in [9.17, 15) is 14.4 Å². The number of carbonyl (C=O) groups excluding carboxylic acids is 3. The maximum absolute atomic E-state index is 13.2. The van der Waals surface area contributed by atoms with Crippen molar-refractivity contribution in [1.82, 2.24) is 9.55 Å². The van der Waals surface area contributed by atoms with Crippen LogP contribution in [0.15, 0.2) is 12.1 Å². The highest BCUT2D eigenvalue weighted by atomic mass is 35.5. The summed E-state index contributed by atoms with van der Waals surface area (Å²) < 4.78 is 17.2. The van der Waals surface area contributed by atoms with Crippen LogP contribution in [0.25, 0.3) is 11.0 Å². The second kappa shape index (κ2) is 8.74. The highest BCUT2D eigenvalue weighted by Gasteiger charge is 2.38. The minimum absolute atomic E-state index is 0.168. The molecule has 10 nitrogen and oxygen atoms in total. The third-order valence-corrected chi connectivity index (χ3v) is 4.01. The number of anilines is 2. The smallest absolute Gasteiger partial charge is 0.427 e. The van der Waals surface area contributed by atoms with E-state index in [4.69, 9.17) is 31.5 Å². The molecule has 0 atom stereocenters. The monoisotopic (exact) mass is 482 g/mol. The number of carbonyl (C=O) groups is 3. The van der Waals surface area contributed by atoms with Crippen LogP contribution in [0.5, 0.6) is 0 Å². The Balaban J connectivity index is 2.81. The van der Waals surface area contributed by atoms with Gasteiger partial charge in [-0.2, -0.15) is 0 Å². The summed E-state index contributed by atoms with van der Waals surface area (Å²) in [4.78, 5) is 44.2. The van der Waals surface area contributed by atoms with E-state index in [2.05, 4.69) is 4.98 Å². The summed E-state index contributed by atoms with van der Waals surface area (Å²) in [5.41, 5.74) is 3.70. The largest absolute Gasteiger partial charge is 0.443 e. The molecule has 0 fully saturated rings. The number of amides is 2. The number of hydrogen-bond acceptors (Lipinski definition) is 8. The summed E-state index contributed by atoms with van der Waals surface area (Å²) in [6, 6.07) is 2.82. The normalized spacial score (nSPS) is 12.4. The number of halogens is 1. The summed E-state index contributed by atoms with van der Waals surface area (Å²) in [6.45, 7) is 14.8. The van der Waals surface area contributed by atoms with Gasteiger partial charge in [0, 0.05) is 0 Å². The maximum Gasteiger partial charge on any atom is 0.427 e. The van der Waals surface area contributed by atoms with Gasteiger partial charge in [-0.15, -0.1) is 4.90 Å². The zero-order valence-electron chi connectivity index (χ0n) is 20.4. The standard InChI is InChI=1S/C22H31ClN4O6/c1-20(2,3)31-17(28)26-15-11-13(24)12(23)10-14(15)25-16(26)27(18(29)32-21(4,5)6)19(30)33-22(7,8)9/h10-11H,24H2,1-9H3. The third-order valence-electron chi connectivity index (χ3n) is 3.68. The van der Waals surface area contributed by atoms with Crippen LogP contribution in [0, 0.1) is 0 Å². The molecule has 0 aliphatic rings. The number of rotatable bonds is 1. The number of nitrogens with two attached hydrogens (primary N) is 1. The van der Waals surface area contributed by atoms with Crippen molar-refractivity contribution >= 4 is 52.5 Å². The summed E-state index contributed by atoms with van der Waals surface area (Å²) in [5, 5.41) is 0.184. The maximum atomic E-state index is 13.2. The lowest BCUT2D eigenvalue weighted by atomic mass is 10.2. The van der Waals surface area contributed by atoms with Gasteiger partial charge in [-0.3, -0.25) is 0 Å². The van der Waals surface area contributed by atoms with Crippen LogP contribution in [-0.2, 0) is 14.2 Å². The minimum atomic E-state index is -1.09. The fourth-order valence-corrected chi connectivity index (χ4v) is 2.75. The Morgan fingerprint density at radius 2 is 1.33 bits per heavy atom. The quantitative estimate of drug-likeness (QED) is 0.403. The van der Waals surface area contributed by atoms with Crippen LogP contribution in [0.1, 0.15) is 62.3 Å². The Labute approximate surface area is 197 Å². The molecule has 0 saturated carbocycles. The molecule has 0 bridgehead atoms. The van der Waals surface area contributed by atoms with Gasteiger partial charge in [-0.05, 0) is 74.4 Å². The Bertz CT molecular complexity index is 1060. The van der Waals surface area contributed by atoms with E-state index in [1.807, 2.05) is 0 Å². The number of hydrogen-bond donors (Lipinski definition) is 1. The SMILES string of the molecule is CC(C)(C)OC(=O)N(C(=O)OC(C)(C)C)c1nc2cc(Cl)c(N)cc2n1C(=O)OC(C)(C)C. The number of fused-ring (bicyclic) bond motifs is 1. The summed E-state index contributed by atoms with van der Waals surface area (Å²) >= 11 is 6.13. The number of aromatic nitrogens is 2. The molecule has 0 unspecified atom stereocenters. The average molecular weight is 483 g/mol. The molecule has 2 amide bonds. The first-order valence-corrected chi connectivity index (χ1v) is 10.6. The first-order chi connectivity index (χ1) is 14.8. The average Bonchev–Trinajstić information content (AvgIpc) is 2.88. The Kier molecular flexibility index (Phi) is 6.95. The van der Waals surface area contributed by atoms with Gasteiger partial charge in [-0.25, -0.2) is 23.9 Å². The van der Waals surface area contributed by atoms with Crippen LogP contribution in [-0.4, -0.2) is 44.6 Å². The third kappa shape index (κ3) is 6.74. The molecule has 0 spiro atoms. The number of imide groups is 1. The van der Waals surface area contributed by atoms with Crippen molar-refractivity contribution in [3.8, 4) is 0 Å². The zero-order valence-corrected chi connectivity index (χ0v) is 21.2. The van der Waals surface area contributed by atoms with Gasteiger partial charge in [0.2, 0.25) is 5.95 Å². The molecule has 0 aliphatic heterocycles. The van der Waals surface area contributed by atoms with Crippen molar-refractivity contribution in [1.29, 1.82) is 0 Å². The lowest BCUT2D eigenvalue weighted by Gasteiger charge is -2.28. The lowest BCUT2D eigenvalue weighted by molar-refractivity contribution is 0.0424. The van der Waals surface area contributed by atoms with Crippen molar-refractivity contribution in [2.45, 2.75) is 79.1 Å². The van der Waals surface area contributed by atoms with Crippen LogP contribution in [0.2, 0.25) is 5.02 Å². The minimum Gasteiger partial charge on any atom is -0.443 e. The molecule has 1 aromatic heterocycles. The Morgan fingerprint density at radius 1 is 0.879 bits per heavy atom. The topological polar surface area (TPSA) is 126 Å². The fourth-order valence-electron chi connectivity index (χ4n) is 2.59. The molecule has 182 valence electrons. The van der Waals surface area contributed by atoms with Crippen LogP contribution >= 0.6 is 11.6 Å². The number of ether oxygens (including phenoxy) is 3. The number of nitrogen functional groups attached to an aromatic ring is 1. The van der Waals surface area contributed by atoms with Gasteiger partial charge in [0.1, 0.15) is 16.8 Å². The van der Waals surface area contributed by atoms with Gasteiger partial charge in [-0.1, -0.05) is 11.6 Å². The van der Waals surface area contributed by atoms with Gasteiger partial charge < -0.3 is 19.9 Å². The molecular weight excluding hydrogens is 452 g/mol. The van der Waals surface area contributed by atoms with E-state index >= 15 is 0 Å². The second-order valence-electron chi connectivity index (χ2n) is 10.4. The van der Waals surface area contributed by atoms with E-state index in [0.29, 0.717) is 4.90 Å². The molecule has 2 N–H and O–H groups in total. The van der Waals surface area contributed by atoms with Gasteiger partial charge in [0.25, 0.3) is 0 Å². The van der Waals surface area contributed by atoms with Crippen molar-refractivity contribution in [2.75, 3.05) is 10.6 Å². The summed E-state index contributed by atoms with van der Waals surface area (Å²) in [7, 11) is 0. The number of benzene rings is 1. The van der Waals surface area contributed by atoms with Gasteiger partial charge in [0.05, 0.1) is 21.7 Å². The van der Waals surface area contributed by atoms with E-state index in [0.717, 1.165) is 4.57 Å². The molecule has 2 aromatic rings. The zero-order chi connectivity index (χ0) is 25.5. The first-order valence-electron chi connectivity index (χ1n) is 10.3. The molecule has 0 saturated heterocycles. The Morgan fingerprint density at radius 3 is 1.76 bits per heavy atom. The molecule has 2 rings (SSSR count). The molecular formula is C22H31ClN4O6. The number of imidazole rings is 1. The predicted octanol–water partition coefficient (Wildman–Crippen LogP) is 5.73. The fraction of sp³-hybridized carbons (Fsp3) is 0.545. The van der Waals surface area contributed by atoms with Crippen LogP contribution in [0.3, 0.4) is 0 Å². The molecule has 1 heterocycles. The van der Waals surface area contributed by atoms with Gasteiger partial charge >= 0.3 is 18.3 Å². The predicted molar refractivity (Wildman–Crippen MR) is 126 cm³/mol. The molecule has 33 heavy (non-hydrogen) atoms. The summed E-state index contributed by atoms with van der Waals surface area (Å²) in [6.07, 6.45) is -3.06. The highest BCUT2D eigenvalue weighted by molar-refractivity contribution is 6.34.